The molecule has 0 atom stereocenters. The zero-order chi connectivity index (χ0) is 21.6. The van der Waals surface area contributed by atoms with Gasteiger partial charge < -0.3 is 9.84 Å². The molecule has 2 aromatic carbocycles. The molecule has 0 aliphatic heterocycles. The van der Waals surface area contributed by atoms with Crippen molar-refractivity contribution in [2.75, 3.05) is 6.61 Å². The first kappa shape index (κ1) is 25.4. The third-order valence-corrected chi connectivity index (χ3v) is 5.54. The van der Waals surface area contributed by atoms with Crippen LogP contribution >= 0.6 is 0 Å². The van der Waals surface area contributed by atoms with E-state index in [1.54, 1.807) is 6.07 Å². The fourth-order valence-corrected chi connectivity index (χ4v) is 3.66. The number of tetrazole rings is 1. The van der Waals surface area contributed by atoms with E-state index in [1.165, 1.54) is 5.56 Å². The molecular formula is C24H33N4NaO2. The molecule has 0 saturated heterocycles. The maximum atomic E-state index is 10.6. The number of unbranched alkanes of at least 4 members (excludes halogenated alkanes) is 2. The zero-order valence-electron chi connectivity index (χ0n) is 18.4. The van der Waals surface area contributed by atoms with E-state index >= 15 is 0 Å². The van der Waals surface area contributed by atoms with E-state index in [0.717, 1.165) is 60.4 Å². The molecule has 3 rings (SSSR count). The molecule has 6 nitrogen and oxygen atoms in total. The number of phenols is 1. The summed E-state index contributed by atoms with van der Waals surface area (Å²) < 4.78 is 6.03. The third-order valence-electron chi connectivity index (χ3n) is 5.54. The Morgan fingerprint density at radius 1 is 1.10 bits per heavy atom. The molecule has 0 fully saturated rings. The van der Waals surface area contributed by atoms with E-state index in [1.807, 2.05) is 18.2 Å². The number of ether oxygens (including phenoxy) is 1. The van der Waals surface area contributed by atoms with Crippen LogP contribution in [0.25, 0.3) is 11.1 Å². The molecule has 31 heavy (non-hydrogen) atoms. The van der Waals surface area contributed by atoms with Crippen LogP contribution < -0.4 is 4.74 Å². The van der Waals surface area contributed by atoms with E-state index in [4.69, 9.17) is 4.74 Å². The Kier molecular flexibility index (Phi) is 9.54. The van der Waals surface area contributed by atoms with Crippen molar-refractivity contribution in [3.63, 3.8) is 0 Å². The van der Waals surface area contributed by atoms with Crippen LogP contribution in [0.2, 0.25) is 0 Å². The standard InChI is InChI=1S/C24H32N4O2.Na.H/c1-5-18-15-20(19-11-9-10-17(2)14-19)21(29)16-22(18)30-13-8-6-7-12-24(3,4)23-25-27-28-26-23;;/h9-11,14-16,29H,5-8,12-13H2,1-4H3,(H,25,26,27,28);;. The molecular weight excluding hydrogens is 399 g/mol. The van der Waals surface area contributed by atoms with Crippen molar-refractivity contribution >= 4 is 29.6 Å². The number of aromatic hydroxyl groups is 1. The molecule has 162 valence electrons. The van der Waals surface area contributed by atoms with E-state index in [9.17, 15) is 5.11 Å². The van der Waals surface area contributed by atoms with Crippen LogP contribution in [-0.4, -0.2) is 61.9 Å². The van der Waals surface area contributed by atoms with Gasteiger partial charge in [0.15, 0.2) is 5.82 Å². The van der Waals surface area contributed by atoms with Crippen LogP contribution in [0.1, 0.15) is 63.4 Å². The van der Waals surface area contributed by atoms with Gasteiger partial charge in [0.25, 0.3) is 0 Å². The third kappa shape index (κ3) is 6.79. The monoisotopic (exact) mass is 432 g/mol. The van der Waals surface area contributed by atoms with Gasteiger partial charge in [0.2, 0.25) is 0 Å². The second-order valence-electron chi connectivity index (χ2n) is 8.48. The van der Waals surface area contributed by atoms with Crippen LogP contribution in [0.15, 0.2) is 36.4 Å². The molecule has 0 aliphatic rings. The topological polar surface area (TPSA) is 83.9 Å². The first-order chi connectivity index (χ1) is 14.4. The van der Waals surface area contributed by atoms with Crippen molar-refractivity contribution < 1.29 is 9.84 Å². The van der Waals surface area contributed by atoms with E-state index in [0.29, 0.717) is 6.61 Å². The molecule has 0 saturated carbocycles. The predicted molar refractivity (Wildman–Crippen MR) is 126 cm³/mol. The Hall–Kier alpha value is -1.89. The average Bonchev–Trinajstić information content (AvgIpc) is 3.26. The first-order valence-corrected chi connectivity index (χ1v) is 10.7. The molecule has 1 heterocycles. The number of nitrogens with zero attached hydrogens (tertiary/aromatic N) is 3. The van der Waals surface area contributed by atoms with Crippen molar-refractivity contribution in [3.05, 3.63) is 53.3 Å². The SMILES string of the molecule is CCc1cc(-c2cccc(C)c2)c(O)cc1OCCCCCC(C)(C)c1nn[nH]n1.[NaH]. The number of aryl methyl sites for hydroxylation is 2. The summed E-state index contributed by atoms with van der Waals surface area (Å²) in [7, 11) is 0. The number of nitrogens with one attached hydrogen (secondary N) is 1. The van der Waals surface area contributed by atoms with Gasteiger partial charge in [0.1, 0.15) is 11.5 Å². The zero-order valence-corrected chi connectivity index (χ0v) is 18.4. The number of aromatic nitrogens is 4. The normalized spacial score (nSPS) is 11.2. The number of phenolic OH excluding ortho intramolecular Hbond substituents is 1. The number of rotatable bonds is 10. The van der Waals surface area contributed by atoms with Crippen molar-refractivity contribution in [2.24, 2.45) is 0 Å². The van der Waals surface area contributed by atoms with Gasteiger partial charge in [0, 0.05) is 17.0 Å². The average molecular weight is 433 g/mol. The minimum atomic E-state index is -0.0827. The van der Waals surface area contributed by atoms with Crippen molar-refractivity contribution in [2.45, 2.75) is 65.2 Å². The van der Waals surface area contributed by atoms with Gasteiger partial charge in [-0.05, 0) is 43.4 Å². The van der Waals surface area contributed by atoms with Gasteiger partial charge in [-0.1, -0.05) is 68.7 Å². The molecule has 2 N–H and O–H groups in total. The molecule has 0 bridgehead atoms. The Balaban J connectivity index is 0.00000341. The summed E-state index contributed by atoms with van der Waals surface area (Å²) in [6.45, 7) is 9.08. The number of benzene rings is 2. The van der Waals surface area contributed by atoms with E-state index < -0.39 is 0 Å². The fourth-order valence-electron chi connectivity index (χ4n) is 3.66. The van der Waals surface area contributed by atoms with Crippen LogP contribution in [0.4, 0.5) is 0 Å². The molecule has 1 aromatic heterocycles. The summed E-state index contributed by atoms with van der Waals surface area (Å²) >= 11 is 0. The number of H-pyrrole nitrogens is 1. The minimum absolute atomic E-state index is 0. The van der Waals surface area contributed by atoms with E-state index in [2.05, 4.69) is 60.5 Å². The summed E-state index contributed by atoms with van der Waals surface area (Å²) in [4.78, 5) is 0. The summed E-state index contributed by atoms with van der Waals surface area (Å²) in [5.74, 6) is 1.80. The molecule has 0 radical (unpaired) electrons. The Morgan fingerprint density at radius 2 is 1.90 bits per heavy atom. The van der Waals surface area contributed by atoms with Crippen molar-refractivity contribution in [1.29, 1.82) is 0 Å². The number of hydrogen-bond donors (Lipinski definition) is 2. The molecule has 7 heteroatoms. The Bertz CT molecular complexity index is 958. The summed E-state index contributed by atoms with van der Waals surface area (Å²) in [5, 5.41) is 25.0. The summed E-state index contributed by atoms with van der Waals surface area (Å²) in [5.41, 5.74) is 4.08. The number of aromatic amines is 1. The van der Waals surface area contributed by atoms with Gasteiger partial charge >= 0.3 is 29.6 Å². The molecule has 3 aromatic rings. The van der Waals surface area contributed by atoms with Gasteiger partial charge in [-0.3, -0.25) is 0 Å². The van der Waals surface area contributed by atoms with Crippen molar-refractivity contribution in [3.8, 4) is 22.6 Å². The molecule has 0 unspecified atom stereocenters. The second-order valence-corrected chi connectivity index (χ2v) is 8.48. The fraction of sp³-hybridized carbons (Fsp3) is 0.458. The molecule has 0 spiro atoms. The summed E-state index contributed by atoms with van der Waals surface area (Å²) in [6, 6.07) is 12.0. The van der Waals surface area contributed by atoms with Gasteiger partial charge in [-0.25, -0.2) is 0 Å². The first-order valence-electron chi connectivity index (χ1n) is 10.7. The summed E-state index contributed by atoms with van der Waals surface area (Å²) in [6.07, 6.45) is 4.96. The van der Waals surface area contributed by atoms with Crippen LogP contribution in [0.3, 0.4) is 0 Å². The van der Waals surface area contributed by atoms with Gasteiger partial charge in [-0.15, -0.1) is 10.2 Å². The number of hydrogen-bond acceptors (Lipinski definition) is 5. The van der Waals surface area contributed by atoms with Crippen LogP contribution in [-0.2, 0) is 11.8 Å². The predicted octanol–water partition coefficient (Wildman–Crippen LogP) is 4.71. The Morgan fingerprint density at radius 3 is 2.58 bits per heavy atom. The quantitative estimate of drug-likeness (QED) is 0.358. The van der Waals surface area contributed by atoms with Crippen molar-refractivity contribution in [1.82, 2.24) is 20.6 Å². The van der Waals surface area contributed by atoms with Crippen LogP contribution in [0.5, 0.6) is 11.5 Å². The van der Waals surface area contributed by atoms with Gasteiger partial charge in [0.05, 0.1) is 6.61 Å². The Labute approximate surface area is 207 Å². The van der Waals surface area contributed by atoms with Crippen LogP contribution in [0, 0.1) is 6.92 Å². The second kappa shape index (κ2) is 11.7. The molecule has 0 aliphatic carbocycles. The molecule has 0 amide bonds. The van der Waals surface area contributed by atoms with E-state index in [-0.39, 0.29) is 40.7 Å². The van der Waals surface area contributed by atoms with Gasteiger partial charge in [-0.2, -0.15) is 5.21 Å². The maximum absolute atomic E-state index is 10.6.